The smallest absolute Gasteiger partial charge is 0.249 e. The molecule has 5 rings (SSSR count). The predicted molar refractivity (Wildman–Crippen MR) is 131 cm³/mol. The lowest BCUT2D eigenvalue weighted by Gasteiger charge is -2.39. The van der Waals surface area contributed by atoms with Gasteiger partial charge in [-0.25, -0.2) is 8.78 Å². The summed E-state index contributed by atoms with van der Waals surface area (Å²) >= 11 is 0. The fourth-order valence-corrected chi connectivity index (χ4v) is 5.05. The highest BCUT2D eigenvalue weighted by Crippen LogP contribution is 2.36. The van der Waals surface area contributed by atoms with E-state index in [2.05, 4.69) is 16.8 Å². The number of carbonyl (C=O) groups excluding carboxylic acids is 1. The fourth-order valence-electron chi connectivity index (χ4n) is 5.05. The summed E-state index contributed by atoms with van der Waals surface area (Å²) in [6, 6.07) is 7.79. The van der Waals surface area contributed by atoms with Gasteiger partial charge in [0.25, 0.3) is 0 Å². The van der Waals surface area contributed by atoms with Crippen LogP contribution < -0.4 is 10.5 Å². The van der Waals surface area contributed by atoms with Crippen molar-refractivity contribution in [3.63, 3.8) is 0 Å². The number of fused-ring (bicyclic) bond motifs is 2. The molecule has 0 bridgehead atoms. The molecule has 0 spiro atoms. The number of aryl methyl sites for hydroxylation is 1. The van der Waals surface area contributed by atoms with Crippen LogP contribution in [0.5, 0.6) is 5.75 Å². The summed E-state index contributed by atoms with van der Waals surface area (Å²) in [5.74, 6) is -0.436. The van der Waals surface area contributed by atoms with Crippen LogP contribution in [0.15, 0.2) is 36.5 Å². The predicted octanol–water partition coefficient (Wildman–Crippen LogP) is 5.00. The summed E-state index contributed by atoms with van der Waals surface area (Å²) in [7, 11) is 0. The first kappa shape index (κ1) is 24.5. The molecule has 182 valence electrons. The highest BCUT2D eigenvalue weighted by Gasteiger charge is 2.35. The molecule has 2 aromatic carbocycles. The molecule has 2 heterocycles. The average molecular weight is 490 g/mol. The number of H-pyrrole nitrogens is 1. The molecule has 1 aliphatic heterocycles. The number of halogens is 3. The fraction of sp³-hybridized carbons (Fsp3) is 0.423. The van der Waals surface area contributed by atoms with Crippen LogP contribution in [-0.2, 0) is 12.8 Å². The summed E-state index contributed by atoms with van der Waals surface area (Å²) in [6.45, 7) is 3.53. The van der Waals surface area contributed by atoms with Gasteiger partial charge in [0.05, 0.1) is 0 Å². The van der Waals surface area contributed by atoms with Crippen LogP contribution in [0.2, 0.25) is 0 Å². The van der Waals surface area contributed by atoms with Crippen molar-refractivity contribution < 1.29 is 18.3 Å². The topological polar surface area (TPSA) is 71.3 Å². The van der Waals surface area contributed by atoms with Gasteiger partial charge in [0.2, 0.25) is 5.91 Å². The number of benzene rings is 2. The number of rotatable bonds is 8. The van der Waals surface area contributed by atoms with Gasteiger partial charge >= 0.3 is 0 Å². The van der Waals surface area contributed by atoms with Crippen molar-refractivity contribution in [2.45, 2.75) is 51.1 Å². The van der Waals surface area contributed by atoms with E-state index in [0.29, 0.717) is 30.1 Å². The van der Waals surface area contributed by atoms with Crippen molar-refractivity contribution >= 4 is 29.2 Å². The Hall–Kier alpha value is -2.64. The minimum Gasteiger partial charge on any atom is -0.489 e. The van der Waals surface area contributed by atoms with Crippen LogP contribution in [0.4, 0.5) is 8.78 Å². The molecule has 1 saturated carbocycles. The first-order valence-corrected chi connectivity index (χ1v) is 11.7. The molecule has 0 saturated heterocycles. The number of nitrogens with one attached hydrogen (secondary N) is 1. The molecule has 1 fully saturated rings. The van der Waals surface area contributed by atoms with Gasteiger partial charge in [-0.3, -0.25) is 9.69 Å². The van der Waals surface area contributed by atoms with E-state index >= 15 is 0 Å². The Morgan fingerprint density at radius 1 is 1.26 bits per heavy atom. The molecule has 3 aromatic rings. The summed E-state index contributed by atoms with van der Waals surface area (Å²) in [5.41, 5.74) is 8.50. The number of hydrogen-bond acceptors (Lipinski definition) is 3. The number of aromatic nitrogens is 1. The third-order valence-corrected chi connectivity index (χ3v) is 7.10. The van der Waals surface area contributed by atoms with Gasteiger partial charge in [0.1, 0.15) is 12.4 Å². The van der Waals surface area contributed by atoms with Crippen molar-refractivity contribution in [1.82, 2.24) is 9.88 Å². The first-order chi connectivity index (χ1) is 15.9. The van der Waals surface area contributed by atoms with E-state index in [0.717, 1.165) is 35.9 Å². The van der Waals surface area contributed by atoms with E-state index in [1.165, 1.54) is 31.0 Å². The second-order valence-corrected chi connectivity index (χ2v) is 9.47. The lowest BCUT2D eigenvalue weighted by atomic mass is 9.94. The van der Waals surface area contributed by atoms with E-state index in [-0.39, 0.29) is 36.1 Å². The largest absolute Gasteiger partial charge is 0.489 e. The number of aromatic amines is 1. The third kappa shape index (κ3) is 4.91. The standard InChI is InChI=1S/C26H29F2N3O2.ClH/c1-15(2-5-17-12-30-24-9-6-18(27)10-21(17)24)31(13-16-3-4-16)19-11-22-20(26(29)32)7-8-23(28)25(22)33-14-19;/h6-10,12,15-16,19,30H,2-5,11,13-14H2,1H3,(H2,29,32);1H. The number of nitrogens with zero attached hydrogens (tertiary/aromatic N) is 1. The van der Waals surface area contributed by atoms with Crippen molar-refractivity contribution in [3.8, 4) is 5.75 Å². The Bertz CT molecular complexity index is 1190. The molecule has 5 nitrogen and oxygen atoms in total. The molecule has 8 heteroatoms. The molecular formula is C26H30ClF2N3O2. The monoisotopic (exact) mass is 489 g/mol. The number of amides is 1. The van der Waals surface area contributed by atoms with Gasteiger partial charge in [-0.05, 0) is 80.8 Å². The molecule has 1 aromatic heterocycles. The quantitative estimate of drug-likeness (QED) is 0.467. The van der Waals surface area contributed by atoms with Crippen molar-refractivity contribution in [2.75, 3.05) is 13.2 Å². The van der Waals surface area contributed by atoms with Crippen LogP contribution >= 0.6 is 12.4 Å². The Balaban J connectivity index is 0.00000274. The Morgan fingerprint density at radius 3 is 2.79 bits per heavy atom. The van der Waals surface area contributed by atoms with E-state index in [9.17, 15) is 13.6 Å². The van der Waals surface area contributed by atoms with E-state index < -0.39 is 11.7 Å². The van der Waals surface area contributed by atoms with Crippen molar-refractivity contribution in [3.05, 3.63) is 64.9 Å². The van der Waals surface area contributed by atoms with E-state index in [1.807, 2.05) is 6.20 Å². The molecule has 1 aliphatic carbocycles. The molecular weight excluding hydrogens is 460 g/mol. The summed E-state index contributed by atoms with van der Waals surface area (Å²) in [4.78, 5) is 17.6. The number of ether oxygens (including phenoxy) is 1. The minimum atomic E-state index is -0.566. The zero-order valence-electron chi connectivity index (χ0n) is 19.2. The molecule has 3 N–H and O–H groups in total. The molecule has 2 aliphatic rings. The zero-order chi connectivity index (χ0) is 23.1. The maximum atomic E-state index is 14.3. The maximum Gasteiger partial charge on any atom is 0.249 e. The van der Waals surface area contributed by atoms with Gasteiger partial charge in [0, 0.05) is 46.9 Å². The molecule has 1 amide bonds. The Morgan fingerprint density at radius 2 is 2.06 bits per heavy atom. The lowest BCUT2D eigenvalue weighted by Crippen LogP contribution is -2.49. The molecule has 2 atom stereocenters. The van der Waals surface area contributed by atoms with Gasteiger partial charge < -0.3 is 15.5 Å². The van der Waals surface area contributed by atoms with Gasteiger partial charge in [-0.15, -0.1) is 12.4 Å². The van der Waals surface area contributed by atoms with E-state index in [1.54, 1.807) is 12.1 Å². The van der Waals surface area contributed by atoms with Crippen molar-refractivity contribution in [1.29, 1.82) is 0 Å². The third-order valence-electron chi connectivity index (χ3n) is 7.10. The molecule has 2 unspecified atom stereocenters. The van der Waals surface area contributed by atoms with Crippen LogP contribution in [0.3, 0.4) is 0 Å². The lowest BCUT2D eigenvalue weighted by molar-refractivity contribution is 0.0752. The highest BCUT2D eigenvalue weighted by atomic mass is 35.5. The Kier molecular flexibility index (Phi) is 7.14. The maximum absolute atomic E-state index is 14.3. The van der Waals surface area contributed by atoms with Gasteiger partial charge in [0.15, 0.2) is 11.6 Å². The molecule has 34 heavy (non-hydrogen) atoms. The second-order valence-electron chi connectivity index (χ2n) is 9.47. The van der Waals surface area contributed by atoms with Crippen LogP contribution in [0.1, 0.15) is 47.7 Å². The normalized spacial score (nSPS) is 18.3. The van der Waals surface area contributed by atoms with Gasteiger partial charge in [-0.2, -0.15) is 0 Å². The number of nitrogens with two attached hydrogens (primary N) is 1. The van der Waals surface area contributed by atoms with Crippen LogP contribution in [-0.4, -0.2) is 41.0 Å². The van der Waals surface area contributed by atoms with Gasteiger partial charge in [-0.1, -0.05) is 0 Å². The summed E-state index contributed by atoms with van der Waals surface area (Å²) < 4.78 is 33.9. The average Bonchev–Trinajstić information content (AvgIpc) is 3.54. The van der Waals surface area contributed by atoms with E-state index in [4.69, 9.17) is 10.5 Å². The molecule has 0 radical (unpaired) electrons. The summed E-state index contributed by atoms with van der Waals surface area (Å²) in [5, 5.41) is 0.924. The number of hydrogen-bond donors (Lipinski definition) is 2. The van der Waals surface area contributed by atoms with Crippen LogP contribution in [0.25, 0.3) is 10.9 Å². The SMILES string of the molecule is CC(CCc1c[nH]c2ccc(F)cc12)N(CC1CC1)C1COc2c(F)ccc(C(N)=O)c2C1.Cl. The number of carbonyl (C=O) groups is 1. The van der Waals surface area contributed by atoms with Crippen molar-refractivity contribution in [2.24, 2.45) is 11.7 Å². The zero-order valence-corrected chi connectivity index (χ0v) is 20.0. The van der Waals surface area contributed by atoms with Crippen LogP contribution in [0, 0.1) is 17.6 Å². The second kappa shape index (κ2) is 9.92. The Labute approximate surface area is 204 Å². The minimum absolute atomic E-state index is 0. The highest BCUT2D eigenvalue weighted by molar-refractivity contribution is 5.95. The number of primary amides is 1. The first-order valence-electron chi connectivity index (χ1n) is 11.7. The summed E-state index contributed by atoms with van der Waals surface area (Å²) in [6.07, 6.45) is 6.64.